The second kappa shape index (κ2) is 5.26. The van der Waals surface area contributed by atoms with E-state index in [0.29, 0.717) is 0 Å². The third-order valence-electron chi connectivity index (χ3n) is 3.02. The molecular formula is C13H18N4O2S. The van der Waals surface area contributed by atoms with Gasteiger partial charge < -0.3 is 5.73 Å². The summed E-state index contributed by atoms with van der Waals surface area (Å²) >= 11 is 0. The topological polar surface area (TPSA) is 90.0 Å². The van der Waals surface area contributed by atoms with Crippen LogP contribution in [0.3, 0.4) is 0 Å². The van der Waals surface area contributed by atoms with Gasteiger partial charge in [-0.15, -0.1) is 0 Å². The number of nitrogens with zero attached hydrogens (tertiary/aromatic N) is 2. The molecule has 0 atom stereocenters. The largest absolute Gasteiger partial charge is 0.398 e. The molecule has 3 N–H and O–H groups in total. The normalized spacial score (nSPS) is 11.8. The van der Waals surface area contributed by atoms with Gasteiger partial charge in [-0.3, -0.25) is 4.68 Å². The highest BCUT2D eigenvalue weighted by molar-refractivity contribution is 7.89. The Kier molecular flexibility index (Phi) is 3.82. The van der Waals surface area contributed by atoms with Crippen LogP contribution in [0.25, 0.3) is 0 Å². The SMILES string of the molecule is Cc1ccc(S(=O)(=O)NCc2cn(C)nc2C)c(N)c1. The number of nitrogen functional groups attached to an aromatic ring is 1. The molecule has 0 unspecified atom stereocenters. The lowest BCUT2D eigenvalue weighted by atomic mass is 10.2. The van der Waals surface area contributed by atoms with Gasteiger partial charge in [-0.1, -0.05) is 6.07 Å². The highest BCUT2D eigenvalue weighted by Crippen LogP contribution is 2.19. The fraction of sp³-hybridized carbons (Fsp3) is 0.308. The zero-order valence-electron chi connectivity index (χ0n) is 11.7. The number of rotatable bonds is 4. The minimum atomic E-state index is -3.63. The molecule has 0 saturated heterocycles. The van der Waals surface area contributed by atoms with Gasteiger partial charge in [0.15, 0.2) is 0 Å². The van der Waals surface area contributed by atoms with Gasteiger partial charge in [0, 0.05) is 25.4 Å². The summed E-state index contributed by atoms with van der Waals surface area (Å²) in [5.74, 6) is 0. The molecule has 2 aromatic rings. The molecule has 0 fully saturated rings. The van der Waals surface area contributed by atoms with E-state index in [4.69, 9.17) is 5.73 Å². The lowest BCUT2D eigenvalue weighted by Crippen LogP contribution is -2.24. The zero-order chi connectivity index (χ0) is 14.9. The summed E-state index contributed by atoms with van der Waals surface area (Å²) in [5, 5.41) is 4.17. The predicted octanol–water partition coefficient (Wildman–Crippen LogP) is 1.10. The monoisotopic (exact) mass is 294 g/mol. The first-order valence-corrected chi connectivity index (χ1v) is 7.63. The summed E-state index contributed by atoms with van der Waals surface area (Å²) in [7, 11) is -1.83. The van der Waals surface area contributed by atoms with E-state index in [-0.39, 0.29) is 17.1 Å². The number of nitrogens with two attached hydrogens (primary N) is 1. The van der Waals surface area contributed by atoms with E-state index in [1.54, 1.807) is 30.1 Å². The fourth-order valence-electron chi connectivity index (χ4n) is 1.99. The van der Waals surface area contributed by atoms with E-state index in [1.807, 2.05) is 13.8 Å². The Bertz CT molecular complexity index is 735. The van der Waals surface area contributed by atoms with Crippen molar-refractivity contribution in [3.8, 4) is 0 Å². The lowest BCUT2D eigenvalue weighted by Gasteiger charge is -2.09. The summed E-state index contributed by atoms with van der Waals surface area (Å²) in [6.45, 7) is 3.89. The molecule has 0 spiro atoms. The molecule has 6 nitrogen and oxygen atoms in total. The van der Waals surface area contributed by atoms with Gasteiger partial charge in [0.25, 0.3) is 0 Å². The number of hydrogen-bond acceptors (Lipinski definition) is 4. The van der Waals surface area contributed by atoms with E-state index in [9.17, 15) is 8.42 Å². The average Bonchev–Trinajstić information content (AvgIpc) is 2.65. The van der Waals surface area contributed by atoms with E-state index < -0.39 is 10.0 Å². The number of aromatic nitrogens is 2. The number of nitrogens with one attached hydrogen (secondary N) is 1. The smallest absolute Gasteiger partial charge is 0.242 e. The van der Waals surface area contributed by atoms with Gasteiger partial charge in [0.1, 0.15) is 4.90 Å². The number of benzene rings is 1. The number of hydrogen-bond donors (Lipinski definition) is 2. The van der Waals surface area contributed by atoms with E-state index in [1.165, 1.54) is 6.07 Å². The summed E-state index contributed by atoms with van der Waals surface area (Å²) in [4.78, 5) is 0.102. The zero-order valence-corrected chi connectivity index (χ0v) is 12.5. The summed E-state index contributed by atoms with van der Waals surface area (Å²) in [6.07, 6.45) is 1.79. The molecule has 2 rings (SSSR count). The predicted molar refractivity (Wildman–Crippen MR) is 77.6 cm³/mol. The molecule has 108 valence electrons. The van der Waals surface area contributed by atoms with Gasteiger partial charge >= 0.3 is 0 Å². The van der Waals surface area contributed by atoms with Gasteiger partial charge in [-0.25, -0.2) is 13.1 Å². The Morgan fingerprint density at radius 2 is 2.05 bits per heavy atom. The third-order valence-corrected chi connectivity index (χ3v) is 4.50. The van der Waals surface area contributed by atoms with Crippen molar-refractivity contribution in [3.63, 3.8) is 0 Å². The van der Waals surface area contributed by atoms with E-state index >= 15 is 0 Å². The van der Waals surface area contributed by atoms with E-state index in [0.717, 1.165) is 16.8 Å². The first kappa shape index (κ1) is 14.5. The number of sulfonamides is 1. The van der Waals surface area contributed by atoms with Crippen LogP contribution < -0.4 is 10.5 Å². The molecule has 1 aromatic heterocycles. The molecular weight excluding hydrogens is 276 g/mol. The molecule has 0 aliphatic carbocycles. The van der Waals surface area contributed by atoms with Crippen LogP contribution in [0.5, 0.6) is 0 Å². The Labute approximate surface area is 118 Å². The van der Waals surface area contributed by atoms with Crippen LogP contribution >= 0.6 is 0 Å². The third kappa shape index (κ3) is 3.00. The highest BCUT2D eigenvalue weighted by Gasteiger charge is 2.17. The Balaban J connectivity index is 2.21. The van der Waals surface area contributed by atoms with Crippen molar-refractivity contribution >= 4 is 15.7 Å². The lowest BCUT2D eigenvalue weighted by molar-refractivity contribution is 0.581. The Morgan fingerprint density at radius 1 is 1.35 bits per heavy atom. The van der Waals surface area contributed by atoms with Crippen LogP contribution in [-0.4, -0.2) is 18.2 Å². The molecule has 0 saturated carbocycles. The minimum Gasteiger partial charge on any atom is -0.398 e. The van der Waals surface area contributed by atoms with Crippen LogP contribution in [0.1, 0.15) is 16.8 Å². The second-order valence-electron chi connectivity index (χ2n) is 4.78. The van der Waals surface area contributed by atoms with Crippen LogP contribution in [0, 0.1) is 13.8 Å². The molecule has 0 amide bonds. The highest BCUT2D eigenvalue weighted by atomic mass is 32.2. The maximum Gasteiger partial charge on any atom is 0.242 e. The minimum absolute atomic E-state index is 0.102. The van der Waals surface area contributed by atoms with Crippen LogP contribution in [-0.2, 0) is 23.6 Å². The summed E-state index contributed by atoms with van der Waals surface area (Å²) < 4.78 is 28.7. The van der Waals surface area contributed by atoms with Crippen molar-refractivity contribution in [3.05, 3.63) is 41.2 Å². The molecule has 1 aromatic carbocycles. The standard InChI is InChI=1S/C13H18N4O2S/c1-9-4-5-13(12(14)6-9)20(18,19)15-7-11-8-17(3)16-10(11)2/h4-6,8,15H,7,14H2,1-3H3. The molecule has 7 heteroatoms. The molecule has 0 radical (unpaired) electrons. The summed E-state index contributed by atoms with van der Waals surface area (Å²) in [5.41, 5.74) is 8.58. The van der Waals surface area contributed by atoms with Crippen molar-refractivity contribution in [1.29, 1.82) is 0 Å². The fourth-order valence-corrected chi connectivity index (χ4v) is 3.10. The Morgan fingerprint density at radius 3 is 2.60 bits per heavy atom. The van der Waals surface area contributed by atoms with E-state index in [2.05, 4.69) is 9.82 Å². The number of anilines is 1. The van der Waals surface area contributed by atoms with Gasteiger partial charge in [-0.2, -0.15) is 5.10 Å². The van der Waals surface area contributed by atoms with Crippen molar-refractivity contribution in [2.75, 3.05) is 5.73 Å². The Hall–Kier alpha value is -1.86. The average molecular weight is 294 g/mol. The molecule has 20 heavy (non-hydrogen) atoms. The van der Waals surface area contributed by atoms with Crippen molar-refractivity contribution in [1.82, 2.24) is 14.5 Å². The molecule has 0 aliphatic heterocycles. The summed E-state index contributed by atoms with van der Waals surface area (Å²) in [6, 6.07) is 4.88. The molecule has 0 aliphatic rings. The van der Waals surface area contributed by atoms with Gasteiger partial charge in [0.2, 0.25) is 10.0 Å². The molecule has 0 bridgehead atoms. The maximum atomic E-state index is 12.2. The van der Waals surface area contributed by atoms with Crippen molar-refractivity contribution < 1.29 is 8.42 Å². The number of aryl methyl sites for hydroxylation is 3. The van der Waals surface area contributed by atoms with Crippen LogP contribution in [0.15, 0.2) is 29.3 Å². The second-order valence-corrected chi connectivity index (χ2v) is 6.51. The first-order chi connectivity index (χ1) is 9.29. The van der Waals surface area contributed by atoms with Crippen molar-refractivity contribution in [2.45, 2.75) is 25.3 Å². The van der Waals surface area contributed by atoms with Crippen LogP contribution in [0.2, 0.25) is 0 Å². The van der Waals surface area contributed by atoms with Crippen LogP contribution in [0.4, 0.5) is 5.69 Å². The maximum absolute atomic E-state index is 12.2. The molecule has 1 heterocycles. The quantitative estimate of drug-likeness (QED) is 0.826. The first-order valence-electron chi connectivity index (χ1n) is 6.14. The van der Waals surface area contributed by atoms with Crippen molar-refractivity contribution in [2.24, 2.45) is 7.05 Å². The van der Waals surface area contributed by atoms with Gasteiger partial charge in [0.05, 0.1) is 11.4 Å². The van der Waals surface area contributed by atoms with Gasteiger partial charge in [-0.05, 0) is 31.5 Å².